The summed E-state index contributed by atoms with van der Waals surface area (Å²) < 4.78 is 2.05. The Labute approximate surface area is 189 Å². The van der Waals surface area contributed by atoms with Crippen LogP contribution in [0.3, 0.4) is 0 Å². The lowest BCUT2D eigenvalue weighted by molar-refractivity contribution is -0.118. The Kier molecular flexibility index (Phi) is 7.80. The Morgan fingerprint density at radius 3 is 2.61 bits per heavy atom. The van der Waals surface area contributed by atoms with Gasteiger partial charge in [-0.3, -0.25) is 14.5 Å². The molecule has 0 radical (unpaired) electrons. The van der Waals surface area contributed by atoms with Gasteiger partial charge in [0, 0.05) is 37.4 Å². The first kappa shape index (κ1) is 23.0. The molecule has 10 heteroatoms. The highest BCUT2D eigenvalue weighted by molar-refractivity contribution is 7.98. The van der Waals surface area contributed by atoms with Crippen LogP contribution >= 0.6 is 23.1 Å². The van der Waals surface area contributed by atoms with Crippen LogP contribution in [0.15, 0.2) is 40.9 Å². The fraction of sp³-hybridized carbons (Fsp3) is 0.381. The second-order valence-electron chi connectivity index (χ2n) is 7.47. The SMILES string of the molecule is CC(=O)N(c1ccccc1)c1nc(CSc2nnc(CCC(N)=O)n2CC(C)C)cs1. The maximum atomic E-state index is 12.2. The molecule has 3 rings (SSSR count). The number of thioether (sulfide) groups is 1. The number of primary amides is 1. The summed E-state index contributed by atoms with van der Waals surface area (Å²) in [5.74, 6) is 1.33. The van der Waals surface area contributed by atoms with E-state index in [1.54, 1.807) is 16.7 Å². The van der Waals surface area contributed by atoms with E-state index in [1.807, 2.05) is 35.7 Å². The average Bonchev–Trinajstić information content (AvgIpc) is 3.32. The minimum absolute atomic E-state index is 0.0875. The molecule has 0 fully saturated rings. The Morgan fingerprint density at radius 2 is 1.97 bits per heavy atom. The lowest BCUT2D eigenvalue weighted by Gasteiger charge is -2.17. The Bertz CT molecular complexity index is 1030. The van der Waals surface area contributed by atoms with E-state index in [2.05, 4.69) is 33.6 Å². The van der Waals surface area contributed by atoms with Gasteiger partial charge >= 0.3 is 0 Å². The number of thiazole rings is 1. The predicted molar refractivity (Wildman–Crippen MR) is 123 cm³/mol. The molecule has 2 heterocycles. The standard InChI is InChI=1S/C21H26N6O2S2/c1-14(2)11-26-19(10-9-18(22)29)24-25-21(26)31-13-16-12-30-20(23-16)27(15(3)28)17-7-5-4-6-8-17/h4-8,12,14H,9-11,13H2,1-3H3,(H2,22,29). The van der Waals surface area contributed by atoms with Crippen LogP contribution in [0.4, 0.5) is 10.8 Å². The summed E-state index contributed by atoms with van der Waals surface area (Å²) >= 11 is 2.97. The fourth-order valence-corrected chi connectivity index (χ4v) is 4.85. The molecule has 1 aromatic carbocycles. The second-order valence-corrected chi connectivity index (χ2v) is 9.25. The number of carbonyl (C=O) groups is 2. The molecule has 164 valence electrons. The molecule has 0 unspecified atom stereocenters. The molecule has 2 amide bonds. The third-order valence-corrected chi connectivity index (χ3v) is 6.22. The van der Waals surface area contributed by atoms with E-state index >= 15 is 0 Å². The normalized spacial score (nSPS) is 11.1. The minimum atomic E-state index is -0.350. The van der Waals surface area contributed by atoms with Crippen molar-refractivity contribution < 1.29 is 9.59 Å². The molecule has 0 aliphatic carbocycles. The number of amides is 2. The van der Waals surface area contributed by atoms with E-state index in [9.17, 15) is 9.59 Å². The average molecular weight is 459 g/mol. The number of hydrogen-bond donors (Lipinski definition) is 1. The molecule has 2 N–H and O–H groups in total. The van der Waals surface area contributed by atoms with Crippen molar-refractivity contribution in [2.75, 3.05) is 4.90 Å². The van der Waals surface area contributed by atoms with Crippen molar-refractivity contribution in [3.05, 3.63) is 47.2 Å². The van der Waals surface area contributed by atoms with E-state index < -0.39 is 0 Å². The Morgan fingerprint density at radius 1 is 1.23 bits per heavy atom. The number of para-hydroxylation sites is 1. The number of aromatic nitrogens is 4. The third-order valence-electron chi connectivity index (χ3n) is 4.35. The summed E-state index contributed by atoms with van der Waals surface area (Å²) in [5, 5.41) is 12.0. The van der Waals surface area contributed by atoms with Gasteiger partial charge in [0.05, 0.1) is 11.4 Å². The highest BCUT2D eigenvalue weighted by Crippen LogP contribution is 2.31. The number of nitrogens with zero attached hydrogens (tertiary/aromatic N) is 5. The number of anilines is 2. The van der Waals surface area contributed by atoms with Gasteiger partial charge in [-0.1, -0.05) is 43.8 Å². The van der Waals surface area contributed by atoms with Gasteiger partial charge in [-0.15, -0.1) is 21.5 Å². The Hall–Kier alpha value is -2.72. The number of benzene rings is 1. The van der Waals surface area contributed by atoms with Crippen LogP contribution < -0.4 is 10.6 Å². The lowest BCUT2D eigenvalue weighted by atomic mass is 10.2. The summed E-state index contributed by atoms with van der Waals surface area (Å²) in [5.41, 5.74) is 6.94. The number of carbonyl (C=O) groups excluding carboxylic acids is 2. The van der Waals surface area contributed by atoms with Crippen molar-refractivity contribution in [3.63, 3.8) is 0 Å². The van der Waals surface area contributed by atoms with Crippen LogP contribution in [0.2, 0.25) is 0 Å². The summed E-state index contributed by atoms with van der Waals surface area (Å²) in [4.78, 5) is 29.7. The molecule has 8 nitrogen and oxygen atoms in total. The van der Waals surface area contributed by atoms with Gasteiger partial charge in [0.25, 0.3) is 0 Å². The minimum Gasteiger partial charge on any atom is -0.370 e. The van der Waals surface area contributed by atoms with Gasteiger partial charge in [-0.25, -0.2) is 4.98 Å². The van der Waals surface area contributed by atoms with E-state index in [4.69, 9.17) is 5.73 Å². The van der Waals surface area contributed by atoms with Crippen molar-refractivity contribution in [1.29, 1.82) is 0 Å². The van der Waals surface area contributed by atoms with Crippen molar-refractivity contribution in [3.8, 4) is 0 Å². The van der Waals surface area contributed by atoms with Crippen molar-refractivity contribution in [2.45, 2.75) is 51.1 Å². The molecule has 2 aromatic heterocycles. The van der Waals surface area contributed by atoms with Gasteiger partial charge in [-0.05, 0) is 18.1 Å². The summed E-state index contributed by atoms with van der Waals surface area (Å²) in [7, 11) is 0. The van der Waals surface area contributed by atoms with Gasteiger partial charge < -0.3 is 10.3 Å². The maximum absolute atomic E-state index is 12.2. The summed E-state index contributed by atoms with van der Waals surface area (Å²) in [6, 6.07) is 9.48. The predicted octanol–water partition coefficient (Wildman–Crippen LogP) is 3.79. The maximum Gasteiger partial charge on any atom is 0.230 e. The zero-order valence-corrected chi connectivity index (χ0v) is 19.4. The molecule has 31 heavy (non-hydrogen) atoms. The van der Waals surface area contributed by atoms with E-state index in [1.165, 1.54) is 18.3 Å². The topological polar surface area (TPSA) is 107 Å². The number of rotatable bonds is 10. The van der Waals surface area contributed by atoms with Crippen LogP contribution in [0, 0.1) is 5.92 Å². The molecular formula is C21H26N6O2S2. The molecular weight excluding hydrogens is 432 g/mol. The van der Waals surface area contributed by atoms with E-state index in [0.29, 0.717) is 23.2 Å². The highest BCUT2D eigenvalue weighted by Gasteiger charge is 2.19. The second kappa shape index (κ2) is 10.5. The van der Waals surface area contributed by atoms with Crippen molar-refractivity contribution in [1.82, 2.24) is 19.7 Å². The zero-order valence-electron chi connectivity index (χ0n) is 17.8. The first-order valence-corrected chi connectivity index (χ1v) is 11.8. The van der Waals surface area contributed by atoms with E-state index in [0.717, 1.165) is 28.9 Å². The smallest absolute Gasteiger partial charge is 0.230 e. The number of hydrogen-bond acceptors (Lipinski definition) is 7. The molecule has 0 saturated heterocycles. The van der Waals surface area contributed by atoms with Crippen LogP contribution in [-0.2, 0) is 28.3 Å². The van der Waals surface area contributed by atoms with Gasteiger partial charge in [0.1, 0.15) is 5.82 Å². The fourth-order valence-electron chi connectivity index (χ4n) is 3.00. The number of nitrogens with two attached hydrogens (primary N) is 1. The lowest BCUT2D eigenvalue weighted by Crippen LogP contribution is -2.22. The molecule has 3 aromatic rings. The molecule has 0 saturated carbocycles. The molecule has 0 spiro atoms. The zero-order chi connectivity index (χ0) is 22.4. The Balaban J connectivity index is 1.74. The first-order valence-electron chi connectivity index (χ1n) is 9.98. The van der Waals surface area contributed by atoms with Crippen LogP contribution in [0.25, 0.3) is 0 Å². The number of aryl methyl sites for hydroxylation is 1. The van der Waals surface area contributed by atoms with E-state index in [-0.39, 0.29) is 18.2 Å². The van der Waals surface area contributed by atoms with Crippen LogP contribution in [0.5, 0.6) is 0 Å². The first-order chi connectivity index (χ1) is 14.8. The van der Waals surface area contributed by atoms with Gasteiger partial charge in [0.15, 0.2) is 10.3 Å². The third kappa shape index (κ3) is 6.14. The van der Waals surface area contributed by atoms with Crippen LogP contribution in [0.1, 0.15) is 38.7 Å². The molecule has 0 aliphatic rings. The molecule has 0 bridgehead atoms. The molecule has 0 atom stereocenters. The van der Waals surface area contributed by atoms with Crippen molar-refractivity contribution in [2.24, 2.45) is 11.7 Å². The van der Waals surface area contributed by atoms with Gasteiger partial charge in [0.2, 0.25) is 11.8 Å². The summed E-state index contributed by atoms with van der Waals surface area (Å²) in [6.45, 7) is 6.54. The largest absolute Gasteiger partial charge is 0.370 e. The highest BCUT2D eigenvalue weighted by atomic mass is 32.2. The quantitative estimate of drug-likeness (QED) is 0.463. The monoisotopic (exact) mass is 458 g/mol. The van der Waals surface area contributed by atoms with Crippen LogP contribution in [-0.4, -0.2) is 31.6 Å². The van der Waals surface area contributed by atoms with Crippen molar-refractivity contribution >= 4 is 45.7 Å². The summed E-state index contributed by atoms with van der Waals surface area (Å²) in [6.07, 6.45) is 0.720. The van der Waals surface area contributed by atoms with Gasteiger partial charge in [-0.2, -0.15) is 0 Å². The molecule has 0 aliphatic heterocycles.